The minimum atomic E-state index is 0.251. The minimum Gasteiger partial charge on any atom is -0.381 e. The quantitative estimate of drug-likeness (QED) is 0.649. The molecule has 0 bridgehead atoms. The SMILES string of the molecule is CCCOCC1(CN2CCN(C)C(=O)C2)CC1. The van der Waals surface area contributed by atoms with Crippen LogP contribution in [0.1, 0.15) is 26.2 Å². The lowest BCUT2D eigenvalue weighted by Crippen LogP contribution is -2.50. The van der Waals surface area contributed by atoms with E-state index in [4.69, 9.17) is 4.74 Å². The fraction of sp³-hybridized carbons (Fsp3) is 0.923. The highest BCUT2D eigenvalue weighted by Crippen LogP contribution is 2.46. The molecule has 1 amide bonds. The van der Waals surface area contributed by atoms with Crippen LogP contribution in [0.15, 0.2) is 0 Å². The Morgan fingerprint density at radius 3 is 2.71 bits per heavy atom. The Morgan fingerprint density at radius 2 is 2.12 bits per heavy atom. The molecule has 0 atom stereocenters. The molecule has 0 aromatic carbocycles. The molecule has 4 nitrogen and oxygen atoms in total. The van der Waals surface area contributed by atoms with Crippen LogP contribution in [0.2, 0.25) is 0 Å². The summed E-state index contributed by atoms with van der Waals surface area (Å²) in [5, 5.41) is 0. The molecule has 2 rings (SSSR count). The molecule has 0 unspecified atom stereocenters. The topological polar surface area (TPSA) is 32.8 Å². The van der Waals surface area contributed by atoms with Gasteiger partial charge in [-0.05, 0) is 19.3 Å². The van der Waals surface area contributed by atoms with Crippen molar-refractivity contribution in [1.29, 1.82) is 0 Å². The summed E-state index contributed by atoms with van der Waals surface area (Å²) in [5.41, 5.74) is 0.366. The molecule has 98 valence electrons. The van der Waals surface area contributed by atoms with E-state index >= 15 is 0 Å². The number of ether oxygens (including phenoxy) is 1. The molecule has 2 aliphatic rings. The Balaban J connectivity index is 1.75. The number of likely N-dealkylation sites (N-methyl/N-ethyl adjacent to an activating group) is 1. The van der Waals surface area contributed by atoms with Crippen molar-refractivity contribution >= 4 is 5.91 Å². The third-order valence-corrected chi connectivity index (χ3v) is 3.81. The van der Waals surface area contributed by atoms with Gasteiger partial charge in [0.05, 0.1) is 13.2 Å². The number of nitrogens with zero attached hydrogens (tertiary/aromatic N) is 2. The molecule has 4 heteroatoms. The Bertz CT molecular complexity index is 277. The van der Waals surface area contributed by atoms with Gasteiger partial charge in [0.1, 0.15) is 0 Å². The van der Waals surface area contributed by atoms with E-state index < -0.39 is 0 Å². The summed E-state index contributed by atoms with van der Waals surface area (Å²) >= 11 is 0. The molecule has 1 saturated carbocycles. The monoisotopic (exact) mass is 240 g/mol. The van der Waals surface area contributed by atoms with Crippen LogP contribution in [0.25, 0.3) is 0 Å². The highest BCUT2D eigenvalue weighted by atomic mass is 16.5. The normalized spacial score (nSPS) is 24.1. The summed E-state index contributed by atoms with van der Waals surface area (Å²) in [6.07, 6.45) is 3.61. The van der Waals surface area contributed by atoms with E-state index in [2.05, 4.69) is 11.8 Å². The van der Waals surface area contributed by atoms with E-state index in [1.165, 1.54) is 12.8 Å². The second-order valence-electron chi connectivity index (χ2n) is 5.58. The summed E-state index contributed by atoms with van der Waals surface area (Å²) < 4.78 is 5.68. The molecule has 2 fully saturated rings. The van der Waals surface area contributed by atoms with Crippen molar-refractivity contribution in [3.8, 4) is 0 Å². The van der Waals surface area contributed by atoms with E-state index in [1.54, 1.807) is 0 Å². The Labute approximate surface area is 104 Å². The van der Waals surface area contributed by atoms with Crippen LogP contribution in [0.5, 0.6) is 0 Å². The third kappa shape index (κ3) is 3.42. The van der Waals surface area contributed by atoms with Gasteiger partial charge < -0.3 is 9.64 Å². The standard InChI is InChI=1S/C13H24N2O2/c1-3-8-17-11-13(4-5-13)10-15-7-6-14(2)12(16)9-15/h3-11H2,1-2H3. The average Bonchev–Trinajstić information content (AvgIpc) is 3.04. The molecule has 0 aromatic rings. The van der Waals surface area contributed by atoms with E-state index in [0.717, 1.165) is 39.3 Å². The fourth-order valence-electron chi connectivity index (χ4n) is 2.37. The lowest BCUT2D eigenvalue weighted by atomic mass is 10.1. The summed E-state index contributed by atoms with van der Waals surface area (Å²) in [5.74, 6) is 0.251. The van der Waals surface area contributed by atoms with Gasteiger partial charge in [-0.3, -0.25) is 9.69 Å². The number of hydrogen-bond donors (Lipinski definition) is 0. The zero-order valence-corrected chi connectivity index (χ0v) is 11.1. The first-order valence-corrected chi connectivity index (χ1v) is 6.69. The van der Waals surface area contributed by atoms with Gasteiger partial charge in [-0.15, -0.1) is 0 Å². The zero-order chi connectivity index (χ0) is 12.3. The van der Waals surface area contributed by atoms with E-state index in [1.807, 2.05) is 11.9 Å². The average molecular weight is 240 g/mol. The largest absolute Gasteiger partial charge is 0.381 e. The fourth-order valence-corrected chi connectivity index (χ4v) is 2.37. The molecule has 0 aromatic heterocycles. The number of carbonyl (C=O) groups is 1. The number of carbonyl (C=O) groups excluding carboxylic acids is 1. The molecule has 1 aliphatic carbocycles. The van der Waals surface area contributed by atoms with Gasteiger partial charge in [0.15, 0.2) is 0 Å². The predicted molar refractivity (Wildman–Crippen MR) is 66.9 cm³/mol. The van der Waals surface area contributed by atoms with Crippen LogP contribution in [-0.2, 0) is 9.53 Å². The van der Waals surface area contributed by atoms with Crippen LogP contribution in [0.3, 0.4) is 0 Å². The minimum absolute atomic E-state index is 0.251. The molecule has 0 radical (unpaired) electrons. The van der Waals surface area contributed by atoms with Crippen LogP contribution in [0, 0.1) is 5.41 Å². The van der Waals surface area contributed by atoms with E-state index in [0.29, 0.717) is 12.0 Å². The number of piperazine rings is 1. The summed E-state index contributed by atoms with van der Waals surface area (Å²) in [6.45, 7) is 7.38. The molecule has 1 saturated heterocycles. The van der Waals surface area contributed by atoms with E-state index in [9.17, 15) is 4.79 Å². The van der Waals surface area contributed by atoms with Gasteiger partial charge in [0.25, 0.3) is 0 Å². The third-order valence-electron chi connectivity index (χ3n) is 3.81. The molecule has 1 aliphatic heterocycles. The number of rotatable bonds is 6. The predicted octanol–water partition coefficient (Wildman–Crippen LogP) is 0.967. The molecule has 0 N–H and O–H groups in total. The van der Waals surface area contributed by atoms with Crippen molar-refractivity contribution in [1.82, 2.24) is 9.80 Å². The highest BCUT2D eigenvalue weighted by Gasteiger charge is 2.44. The maximum atomic E-state index is 11.6. The summed E-state index contributed by atoms with van der Waals surface area (Å²) in [4.78, 5) is 15.7. The van der Waals surface area contributed by atoms with E-state index in [-0.39, 0.29) is 5.91 Å². The first-order chi connectivity index (χ1) is 8.15. The van der Waals surface area contributed by atoms with Crippen molar-refractivity contribution < 1.29 is 9.53 Å². The van der Waals surface area contributed by atoms with Crippen LogP contribution in [0.4, 0.5) is 0 Å². The molecule has 1 heterocycles. The van der Waals surface area contributed by atoms with Crippen molar-refractivity contribution in [3.63, 3.8) is 0 Å². The second kappa shape index (κ2) is 5.36. The lowest BCUT2D eigenvalue weighted by Gasteiger charge is -2.34. The van der Waals surface area contributed by atoms with Gasteiger partial charge in [-0.2, -0.15) is 0 Å². The Hall–Kier alpha value is -0.610. The lowest BCUT2D eigenvalue weighted by molar-refractivity contribution is -0.134. The maximum Gasteiger partial charge on any atom is 0.236 e. The maximum absolute atomic E-state index is 11.6. The number of amides is 1. The number of hydrogen-bond acceptors (Lipinski definition) is 3. The molecular weight excluding hydrogens is 216 g/mol. The first-order valence-electron chi connectivity index (χ1n) is 6.69. The van der Waals surface area contributed by atoms with Crippen molar-refractivity contribution in [2.24, 2.45) is 5.41 Å². The molecular formula is C13H24N2O2. The van der Waals surface area contributed by atoms with Crippen LogP contribution in [-0.4, -0.2) is 62.1 Å². The smallest absolute Gasteiger partial charge is 0.236 e. The highest BCUT2D eigenvalue weighted by molar-refractivity contribution is 5.78. The first kappa shape index (κ1) is 12.8. The Morgan fingerprint density at radius 1 is 1.35 bits per heavy atom. The zero-order valence-electron chi connectivity index (χ0n) is 11.1. The second-order valence-corrected chi connectivity index (χ2v) is 5.58. The van der Waals surface area contributed by atoms with Gasteiger partial charge in [-0.25, -0.2) is 0 Å². The van der Waals surface area contributed by atoms with Crippen LogP contribution >= 0.6 is 0 Å². The van der Waals surface area contributed by atoms with Gasteiger partial charge in [0.2, 0.25) is 5.91 Å². The van der Waals surface area contributed by atoms with Crippen molar-refractivity contribution in [3.05, 3.63) is 0 Å². The van der Waals surface area contributed by atoms with Gasteiger partial charge in [-0.1, -0.05) is 6.92 Å². The van der Waals surface area contributed by atoms with Crippen LogP contribution < -0.4 is 0 Å². The van der Waals surface area contributed by atoms with Gasteiger partial charge in [0, 0.05) is 38.7 Å². The van der Waals surface area contributed by atoms with Crippen molar-refractivity contribution in [2.45, 2.75) is 26.2 Å². The summed E-state index contributed by atoms with van der Waals surface area (Å²) in [7, 11) is 1.89. The molecule has 17 heavy (non-hydrogen) atoms. The van der Waals surface area contributed by atoms with Crippen molar-refractivity contribution in [2.75, 3.05) is 46.4 Å². The Kier molecular flexibility index (Phi) is 4.05. The molecule has 0 spiro atoms. The summed E-state index contributed by atoms with van der Waals surface area (Å²) in [6, 6.07) is 0. The van der Waals surface area contributed by atoms with Gasteiger partial charge >= 0.3 is 0 Å².